The van der Waals surface area contributed by atoms with E-state index in [-0.39, 0.29) is 5.91 Å². The zero-order valence-corrected chi connectivity index (χ0v) is 17.1. The molecule has 0 aliphatic rings. The summed E-state index contributed by atoms with van der Waals surface area (Å²) >= 11 is 12.0. The number of aryl methyl sites for hydroxylation is 1. The molecule has 0 fully saturated rings. The zero-order chi connectivity index (χ0) is 20.3. The summed E-state index contributed by atoms with van der Waals surface area (Å²) in [5.74, 6) is 1.21. The number of carbonyl (C=O) groups excluding carboxylic acids is 1. The molecule has 3 aromatic rings. The van der Waals surface area contributed by atoms with E-state index in [9.17, 15) is 4.79 Å². The summed E-state index contributed by atoms with van der Waals surface area (Å²) in [6.45, 7) is 2.42. The van der Waals surface area contributed by atoms with Crippen molar-refractivity contribution in [2.75, 3.05) is 19.5 Å². The number of benzene rings is 2. The molecule has 1 amide bonds. The number of anilines is 1. The smallest absolute Gasteiger partial charge is 0.257 e. The summed E-state index contributed by atoms with van der Waals surface area (Å²) in [4.78, 5) is 12.6. The first-order valence-electron chi connectivity index (χ1n) is 8.42. The Morgan fingerprint density at radius 1 is 1.04 bits per heavy atom. The summed E-state index contributed by atoms with van der Waals surface area (Å²) < 4.78 is 12.2. The third-order valence-corrected chi connectivity index (χ3v) is 4.89. The number of amides is 1. The molecule has 1 N–H and O–H groups in total. The van der Waals surface area contributed by atoms with Gasteiger partial charge in [0.05, 0.1) is 30.8 Å². The van der Waals surface area contributed by atoms with Crippen LogP contribution in [0.1, 0.15) is 21.6 Å². The van der Waals surface area contributed by atoms with E-state index < -0.39 is 0 Å². The molecule has 0 spiro atoms. The molecule has 0 aliphatic heterocycles. The average Bonchev–Trinajstić information content (AvgIpc) is 3.02. The van der Waals surface area contributed by atoms with Crippen molar-refractivity contribution in [3.63, 3.8) is 0 Å². The Morgan fingerprint density at radius 2 is 1.71 bits per heavy atom. The van der Waals surface area contributed by atoms with Crippen molar-refractivity contribution >= 4 is 34.9 Å². The third-order valence-electron chi connectivity index (χ3n) is 4.15. The Morgan fingerprint density at radius 3 is 2.32 bits per heavy atom. The van der Waals surface area contributed by atoms with Crippen LogP contribution in [0.4, 0.5) is 5.82 Å². The van der Waals surface area contributed by atoms with Crippen molar-refractivity contribution in [3.8, 4) is 11.5 Å². The summed E-state index contributed by atoms with van der Waals surface area (Å²) in [5, 5.41) is 8.25. The molecule has 1 aromatic heterocycles. The summed E-state index contributed by atoms with van der Waals surface area (Å²) in [5.41, 5.74) is 2.26. The normalized spacial score (nSPS) is 10.6. The largest absolute Gasteiger partial charge is 0.497 e. The standard InChI is InChI=1S/C20H19Cl2N3O3/c1-12-6-19(24-25(12)11-13-4-5-17(21)18(22)7-13)23-20(26)14-8-15(27-2)10-16(9-14)28-3/h4-10H,11H2,1-3H3,(H,23,24,26). The third kappa shape index (κ3) is 4.58. The number of nitrogens with one attached hydrogen (secondary N) is 1. The predicted octanol–water partition coefficient (Wildman–Crippen LogP) is 4.82. The highest BCUT2D eigenvalue weighted by Gasteiger charge is 2.13. The van der Waals surface area contributed by atoms with Crippen LogP contribution < -0.4 is 14.8 Å². The Bertz CT molecular complexity index is 996. The number of halogens is 2. The lowest BCUT2D eigenvalue weighted by molar-refractivity contribution is 0.102. The Labute approximate surface area is 173 Å². The van der Waals surface area contributed by atoms with Gasteiger partial charge in [-0.05, 0) is 36.8 Å². The molecular weight excluding hydrogens is 401 g/mol. The van der Waals surface area contributed by atoms with Crippen LogP contribution in [0.3, 0.4) is 0 Å². The molecule has 28 heavy (non-hydrogen) atoms. The summed E-state index contributed by atoms with van der Waals surface area (Å²) in [7, 11) is 3.06. The molecule has 0 aliphatic carbocycles. The molecule has 0 saturated heterocycles. The molecule has 0 unspecified atom stereocenters. The van der Waals surface area contributed by atoms with E-state index in [1.54, 1.807) is 41.1 Å². The first-order chi connectivity index (χ1) is 13.4. The number of methoxy groups -OCH3 is 2. The number of rotatable bonds is 6. The van der Waals surface area contributed by atoms with Gasteiger partial charge in [0.25, 0.3) is 5.91 Å². The molecule has 2 aromatic carbocycles. The van der Waals surface area contributed by atoms with E-state index in [1.165, 1.54) is 14.2 Å². The lowest BCUT2D eigenvalue weighted by Gasteiger charge is -2.08. The van der Waals surface area contributed by atoms with Crippen LogP contribution in [0.5, 0.6) is 11.5 Å². The minimum absolute atomic E-state index is 0.309. The van der Waals surface area contributed by atoms with Gasteiger partial charge >= 0.3 is 0 Å². The number of hydrogen-bond acceptors (Lipinski definition) is 4. The SMILES string of the molecule is COc1cc(OC)cc(C(=O)Nc2cc(C)n(Cc3ccc(Cl)c(Cl)c3)n2)c1. The summed E-state index contributed by atoms with van der Waals surface area (Å²) in [6, 6.07) is 12.2. The number of nitrogens with zero attached hydrogens (tertiary/aromatic N) is 2. The van der Waals surface area contributed by atoms with Crippen molar-refractivity contribution in [3.05, 3.63) is 69.3 Å². The van der Waals surface area contributed by atoms with Gasteiger partial charge in [-0.25, -0.2) is 0 Å². The van der Waals surface area contributed by atoms with Crippen molar-refractivity contribution in [2.45, 2.75) is 13.5 Å². The quantitative estimate of drug-likeness (QED) is 0.621. The predicted molar refractivity (Wildman–Crippen MR) is 110 cm³/mol. The molecule has 6 nitrogen and oxygen atoms in total. The van der Waals surface area contributed by atoms with Gasteiger partial charge < -0.3 is 14.8 Å². The van der Waals surface area contributed by atoms with E-state index in [0.29, 0.717) is 39.5 Å². The molecule has 1 heterocycles. The van der Waals surface area contributed by atoms with E-state index in [0.717, 1.165) is 11.3 Å². The van der Waals surface area contributed by atoms with Gasteiger partial charge in [-0.3, -0.25) is 9.48 Å². The molecule has 0 bridgehead atoms. The average molecular weight is 420 g/mol. The first-order valence-corrected chi connectivity index (χ1v) is 9.18. The van der Waals surface area contributed by atoms with Gasteiger partial charge in [0.15, 0.2) is 5.82 Å². The van der Waals surface area contributed by atoms with E-state index in [2.05, 4.69) is 10.4 Å². The minimum Gasteiger partial charge on any atom is -0.497 e. The topological polar surface area (TPSA) is 65.4 Å². The molecular formula is C20H19Cl2N3O3. The van der Waals surface area contributed by atoms with Crippen LogP contribution in [0.15, 0.2) is 42.5 Å². The van der Waals surface area contributed by atoms with Gasteiger partial charge in [0.2, 0.25) is 0 Å². The fourth-order valence-electron chi connectivity index (χ4n) is 2.67. The lowest BCUT2D eigenvalue weighted by atomic mass is 10.2. The van der Waals surface area contributed by atoms with Crippen LogP contribution >= 0.6 is 23.2 Å². The van der Waals surface area contributed by atoms with Crippen LogP contribution in [0.25, 0.3) is 0 Å². The van der Waals surface area contributed by atoms with E-state index in [4.69, 9.17) is 32.7 Å². The van der Waals surface area contributed by atoms with Crippen molar-refractivity contribution in [1.29, 1.82) is 0 Å². The maximum absolute atomic E-state index is 12.6. The fraction of sp³-hybridized carbons (Fsp3) is 0.200. The summed E-state index contributed by atoms with van der Waals surface area (Å²) in [6.07, 6.45) is 0. The van der Waals surface area contributed by atoms with Crippen LogP contribution in [-0.2, 0) is 6.54 Å². The zero-order valence-electron chi connectivity index (χ0n) is 15.6. The van der Waals surface area contributed by atoms with E-state index >= 15 is 0 Å². The highest BCUT2D eigenvalue weighted by molar-refractivity contribution is 6.42. The molecule has 0 atom stereocenters. The van der Waals surface area contributed by atoms with Crippen molar-refractivity contribution in [1.82, 2.24) is 9.78 Å². The maximum atomic E-state index is 12.6. The van der Waals surface area contributed by atoms with Crippen molar-refractivity contribution in [2.24, 2.45) is 0 Å². The van der Waals surface area contributed by atoms with Gasteiger partial charge in [-0.2, -0.15) is 5.10 Å². The number of carbonyl (C=O) groups is 1. The monoisotopic (exact) mass is 419 g/mol. The Hall–Kier alpha value is -2.70. The second kappa shape index (κ2) is 8.54. The second-order valence-electron chi connectivity index (χ2n) is 6.13. The van der Waals surface area contributed by atoms with Gasteiger partial charge in [-0.15, -0.1) is 0 Å². The van der Waals surface area contributed by atoms with Crippen LogP contribution in [-0.4, -0.2) is 29.9 Å². The van der Waals surface area contributed by atoms with Gasteiger partial charge in [0.1, 0.15) is 11.5 Å². The maximum Gasteiger partial charge on any atom is 0.257 e. The highest BCUT2D eigenvalue weighted by atomic mass is 35.5. The molecule has 0 radical (unpaired) electrons. The van der Waals surface area contributed by atoms with Crippen LogP contribution in [0, 0.1) is 6.92 Å². The van der Waals surface area contributed by atoms with Crippen LogP contribution in [0.2, 0.25) is 10.0 Å². The van der Waals surface area contributed by atoms with Gasteiger partial charge in [-0.1, -0.05) is 29.3 Å². The Kier molecular flexibility index (Phi) is 6.11. The second-order valence-corrected chi connectivity index (χ2v) is 6.95. The van der Waals surface area contributed by atoms with Crippen molar-refractivity contribution < 1.29 is 14.3 Å². The number of aromatic nitrogens is 2. The van der Waals surface area contributed by atoms with E-state index in [1.807, 2.05) is 13.0 Å². The molecule has 3 rings (SSSR count). The molecule has 0 saturated carbocycles. The minimum atomic E-state index is -0.309. The molecule has 146 valence electrons. The fourth-order valence-corrected chi connectivity index (χ4v) is 2.99. The highest BCUT2D eigenvalue weighted by Crippen LogP contribution is 2.25. The number of hydrogen-bond donors (Lipinski definition) is 1. The number of ether oxygens (including phenoxy) is 2. The lowest BCUT2D eigenvalue weighted by Crippen LogP contribution is -2.13. The Balaban J connectivity index is 1.77. The first kappa shape index (κ1) is 20.0. The van der Waals surface area contributed by atoms with Gasteiger partial charge in [0, 0.05) is 23.4 Å². The molecule has 8 heteroatoms.